The van der Waals surface area contributed by atoms with Crippen molar-refractivity contribution in [3.8, 4) is 0 Å². The Hall–Kier alpha value is -1.40. The summed E-state index contributed by atoms with van der Waals surface area (Å²) < 4.78 is 5.19. The topological polar surface area (TPSA) is 75.6 Å². The lowest BCUT2D eigenvalue weighted by Crippen LogP contribution is -2.53. The van der Waals surface area contributed by atoms with Crippen LogP contribution in [0.4, 0.5) is 0 Å². The fraction of sp³-hybridized carbons (Fsp3) is 0.714. The molecule has 6 heteroatoms. The van der Waals surface area contributed by atoms with Crippen molar-refractivity contribution in [2.45, 2.75) is 38.8 Å². The van der Waals surface area contributed by atoms with Crippen molar-refractivity contribution in [2.75, 3.05) is 26.2 Å². The summed E-state index contributed by atoms with van der Waals surface area (Å²) in [6, 6.07) is 0. The van der Waals surface area contributed by atoms with Crippen LogP contribution in [0.3, 0.4) is 0 Å². The number of nitrogens with two attached hydrogens (primary N) is 1. The van der Waals surface area contributed by atoms with Gasteiger partial charge in [0.15, 0.2) is 0 Å². The molecular formula is C14H22N4O2. The number of rotatable bonds is 3. The van der Waals surface area contributed by atoms with E-state index in [1.54, 1.807) is 0 Å². The standard InChI is InChI=1S/C14H22N4O2/c1-10-12(11(2)20-16-10)9-17-5-7-18(8-6-17)13(19)14(15)3-4-14/h3-9,15H2,1-2H3. The second-order valence-electron chi connectivity index (χ2n) is 6.03. The van der Waals surface area contributed by atoms with Crippen molar-refractivity contribution < 1.29 is 9.32 Å². The Labute approximate surface area is 118 Å². The molecule has 1 saturated heterocycles. The van der Waals surface area contributed by atoms with E-state index < -0.39 is 5.54 Å². The molecule has 1 aromatic rings. The molecular weight excluding hydrogens is 256 g/mol. The molecule has 3 rings (SSSR count). The van der Waals surface area contributed by atoms with Crippen molar-refractivity contribution in [3.63, 3.8) is 0 Å². The van der Waals surface area contributed by atoms with Crippen molar-refractivity contribution in [1.29, 1.82) is 0 Å². The van der Waals surface area contributed by atoms with Crippen LogP contribution in [0, 0.1) is 13.8 Å². The molecule has 1 aliphatic carbocycles. The maximum atomic E-state index is 12.2. The molecule has 0 bridgehead atoms. The van der Waals surface area contributed by atoms with Gasteiger partial charge in [-0.3, -0.25) is 9.69 Å². The van der Waals surface area contributed by atoms with Crippen molar-refractivity contribution in [3.05, 3.63) is 17.0 Å². The summed E-state index contributed by atoms with van der Waals surface area (Å²) >= 11 is 0. The number of carbonyl (C=O) groups is 1. The highest BCUT2D eigenvalue weighted by atomic mass is 16.5. The number of carbonyl (C=O) groups excluding carboxylic acids is 1. The molecule has 0 radical (unpaired) electrons. The Morgan fingerprint density at radius 1 is 1.30 bits per heavy atom. The van der Waals surface area contributed by atoms with Gasteiger partial charge in [0.05, 0.1) is 11.2 Å². The summed E-state index contributed by atoms with van der Waals surface area (Å²) in [6.07, 6.45) is 1.68. The van der Waals surface area contributed by atoms with Crippen molar-refractivity contribution in [2.24, 2.45) is 5.73 Å². The van der Waals surface area contributed by atoms with Gasteiger partial charge in [0.1, 0.15) is 5.76 Å². The largest absolute Gasteiger partial charge is 0.361 e. The van der Waals surface area contributed by atoms with E-state index in [1.165, 1.54) is 5.56 Å². The summed E-state index contributed by atoms with van der Waals surface area (Å²) in [6.45, 7) is 8.05. The van der Waals surface area contributed by atoms with Crippen LogP contribution < -0.4 is 5.73 Å². The molecule has 1 amide bonds. The minimum absolute atomic E-state index is 0.134. The summed E-state index contributed by atoms with van der Waals surface area (Å²) in [5, 5.41) is 3.98. The number of nitrogens with zero attached hydrogens (tertiary/aromatic N) is 3. The molecule has 1 aliphatic heterocycles. The van der Waals surface area contributed by atoms with Crippen molar-refractivity contribution in [1.82, 2.24) is 15.0 Å². The third-order valence-corrected chi connectivity index (χ3v) is 4.44. The fourth-order valence-corrected chi connectivity index (χ4v) is 2.72. The minimum atomic E-state index is -0.538. The number of hydrogen-bond donors (Lipinski definition) is 1. The zero-order valence-electron chi connectivity index (χ0n) is 12.2. The van der Waals surface area contributed by atoms with Crippen LogP contribution >= 0.6 is 0 Å². The van der Waals surface area contributed by atoms with Gasteiger partial charge in [-0.05, 0) is 26.7 Å². The predicted octanol–water partition coefficient (Wildman–Crippen LogP) is 0.427. The number of amides is 1. The van der Waals surface area contributed by atoms with Crippen LogP contribution in [0.15, 0.2) is 4.52 Å². The first-order chi connectivity index (χ1) is 9.49. The van der Waals surface area contributed by atoms with E-state index in [9.17, 15) is 4.79 Å². The Morgan fingerprint density at radius 2 is 1.95 bits per heavy atom. The minimum Gasteiger partial charge on any atom is -0.361 e. The molecule has 0 aromatic carbocycles. The highest BCUT2D eigenvalue weighted by molar-refractivity contribution is 5.89. The third kappa shape index (κ3) is 2.45. The molecule has 2 fully saturated rings. The molecule has 2 N–H and O–H groups in total. The fourth-order valence-electron chi connectivity index (χ4n) is 2.72. The summed E-state index contributed by atoms with van der Waals surface area (Å²) in [5.41, 5.74) is 7.57. The highest BCUT2D eigenvalue weighted by Crippen LogP contribution is 2.34. The molecule has 20 heavy (non-hydrogen) atoms. The zero-order valence-corrected chi connectivity index (χ0v) is 12.2. The van der Waals surface area contributed by atoms with E-state index in [4.69, 9.17) is 10.3 Å². The molecule has 0 spiro atoms. The summed E-state index contributed by atoms with van der Waals surface area (Å²) in [7, 11) is 0. The maximum absolute atomic E-state index is 12.2. The van der Waals surface area contributed by atoms with Crippen LogP contribution in [-0.2, 0) is 11.3 Å². The average Bonchev–Trinajstić information content (AvgIpc) is 3.13. The number of aromatic nitrogens is 1. The Morgan fingerprint density at radius 3 is 2.45 bits per heavy atom. The zero-order chi connectivity index (χ0) is 14.3. The highest BCUT2D eigenvalue weighted by Gasteiger charge is 2.48. The Balaban J connectivity index is 1.55. The van der Waals surface area contributed by atoms with Crippen LogP contribution in [0.1, 0.15) is 29.9 Å². The van der Waals surface area contributed by atoms with Gasteiger partial charge < -0.3 is 15.2 Å². The summed E-state index contributed by atoms with van der Waals surface area (Å²) in [4.78, 5) is 16.4. The van der Waals surface area contributed by atoms with Gasteiger partial charge in [-0.2, -0.15) is 0 Å². The van der Waals surface area contributed by atoms with Gasteiger partial charge in [-0.25, -0.2) is 0 Å². The molecule has 1 aromatic heterocycles. The lowest BCUT2D eigenvalue weighted by Gasteiger charge is -2.35. The first kappa shape index (κ1) is 13.6. The smallest absolute Gasteiger partial charge is 0.242 e. The molecule has 0 atom stereocenters. The van der Waals surface area contributed by atoms with Gasteiger partial charge in [0.2, 0.25) is 5.91 Å². The maximum Gasteiger partial charge on any atom is 0.242 e. The SMILES string of the molecule is Cc1noc(C)c1CN1CCN(C(=O)C2(N)CC2)CC1. The monoisotopic (exact) mass is 278 g/mol. The van der Waals surface area contributed by atoms with E-state index in [0.29, 0.717) is 0 Å². The van der Waals surface area contributed by atoms with Gasteiger partial charge in [0.25, 0.3) is 0 Å². The van der Waals surface area contributed by atoms with Crippen LogP contribution in [0.2, 0.25) is 0 Å². The number of hydrogen-bond acceptors (Lipinski definition) is 5. The molecule has 1 saturated carbocycles. The van der Waals surface area contributed by atoms with E-state index >= 15 is 0 Å². The lowest BCUT2D eigenvalue weighted by atomic mass is 10.1. The second kappa shape index (κ2) is 4.86. The quantitative estimate of drug-likeness (QED) is 0.867. The van der Waals surface area contributed by atoms with E-state index in [1.807, 2.05) is 18.7 Å². The van der Waals surface area contributed by atoms with E-state index in [2.05, 4.69) is 10.1 Å². The Kier molecular flexibility index (Phi) is 3.30. The van der Waals surface area contributed by atoms with Crippen LogP contribution in [-0.4, -0.2) is 52.6 Å². The van der Waals surface area contributed by atoms with Gasteiger partial charge in [0, 0.05) is 38.3 Å². The van der Waals surface area contributed by atoms with Crippen molar-refractivity contribution >= 4 is 5.91 Å². The molecule has 0 unspecified atom stereocenters. The Bertz CT molecular complexity index is 494. The predicted molar refractivity (Wildman–Crippen MR) is 74.0 cm³/mol. The van der Waals surface area contributed by atoms with Gasteiger partial charge in [-0.15, -0.1) is 0 Å². The van der Waals surface area contributed by atoms with Gasteiger partial charge >= 0.3 is 0 Å². The third-order valence-electron chi connectivity index (χ3n) is 4.44. The van der Waals surface area contributed by atoms with E-state index in [0.717, 1.165) is 57.0 Å². The molecule has 110 valence electrons. The summed E-state index contributed by atoms with van der Waals surface area (Å²) in [5.74, 6) is 1.02. The normalized spacial score (nSPS) is 22.1. The average molecular weight is 278 g/mol. The van der Waals surface area contributed by atoms with Crippen LogP contribution in [0.5, 0.6) is 0 Å². The number of aryl methyl sites for hydroxylation is 2. The number of piperazine rings is 1. The second-order valence-corrected chi connectivity index (χ2v) is 6.03. The van der Waals surface area contributed by atoms with E-state index in [-0.39, 0.29) is 5.91 Å². The molecule has 6 nitrogen and oxygen atoms in total. The molecule has 2 heterocycles. The van der Waals surface area contributed by atoms with Crippen LogP contribution in [0.25, 0.3) is 0 Å². The van der Waals surface area contributed by atoms with Gasteiger partial charge in [-0.1, -0.05) is 5.16 Å². The first-order valence-electron chi connectivity index (χ1n) is 7.22. The lowest BCUT2D eigenvalue weighted by molar-refractivity contribution is -0.135. The molecule has 2 aliphatic rings. The first-order valence-corrected chi connectivity index (χ1v) is 7.22.